The molecule has 1 aromatic carbocycles. The molecule has 2 N–H and O–H groups in total. The Balaban J connectivity index is 2.26. The van der Waals surface area contributed by atoms with E-state index in [0.717, 1.165) is 0 Å². The van der Waals surface area contributed by atoms with Crippen LogP contribution >= 0.6 is 0 Å². The summed E-state index contributed by atoms with van der Waals surface area (Å²) >= 11 is 0. The number of phenols is 1. The molecular formula is C12H13NO4S. The van der Waals surface area contributed by atoms with Crippen LogP contribution in [-0.2, 0) is 10.0 Å². The van der Waals surface area contributed by atoms with E-state index in [1.54, 1.807) is 31.2 Å². The fraction of sp³-hybridized carbons (Fsp3) is 0.167. The second-order valence-corrected chi connectivity index (χ2v) is 5.51. The third kappa shape index (κ3) is 2.55. The number of hydrogen-bond acceptors (Lipinski definition) is 4. The molecule has 5 nitrogen and oxygen atoms in total. The molecule has 0 saturated heterocycles. The van der Waals surface area contributed by atoms with Crippen LogP contribution in [0.4, 0.5) is 0 Å². The van der Waals surface area contributed by atoms with E-state index in [9.17, 15) is 13.5 Å². The molecule has 0 spiro atoms. The van der Waals surface area contributed by atoms with Gasteiger partial charge in [0.1, 0.15) is 16.4 Å². The topological polar surface area (TPSA) is 79.5 Å². The van der Waals surface area contributed by atoms with Crippen molar-refractivity contribution < 1.29 is 17.9 Å². The van der Waals surface area contributed by atoms with Crippen molar-refractivity contribution in [1.29, 1.82) is 0 Å². The minimum absolute atomic E-state index is 0.150. The Hall–Kier alpha value is -1.79. The van der Waals surface area contributed by atoms with Crippen molar-refractivity contribution >= 4 is 10.0 Å². The van der Waals surface area contributed by atoms with E-state index in [0.29, 0.717) is 5.76 Å². The predicted molar refractivity (Wildman–Crippen MR) is 65.6 cm³/mol. The Morgan fingerprint density at radius 2 is 1.94 bits per heavy atom. The molecule has 0 radical (unpaired) electrons. The Bertz CT molecular complexity index is 619. The Kier molecular flexibility index (Phi) is 3.40. The zero-order valence-electron chi connectivity index (χ0n) is 9.70. The standard InChI is InChI=1S/C12H13NO4S/c1-9(11-6-4-8-17-11)13-18(15,16)12-7-3-2-5-10(12)14/h2-9,13-14H,1H3. The van der Waals surface area contributed by atoms with Gasteiger partial charge < -0.3 is 9.52 Å². The van der Waals surface area contributed by atoms with Crippen LogP contribution < -0.4 is 4.72 Å². The fourth-order valence-corrected chi connectivity index (χ4v) is 2.89. The molecule has 6 heteroatoms. The number of benzene rings is 1. The summed E-state index contributed by atoms with van der Waals surface area (Å²) in [4.78, 5) is -0.150. The molecule has 2 aromatic rings. The summed E-state index contributed by atoms with van der Waals surface area (Å²) in [5, 5.41) is 9.55. The summed E-state index contributed by atoms with van der Waals surface area (Å²) in [6.45, 7) is 1.66. The lowest BCUT2D eigenvalue weighted by Gasteiger charge is -2.12. The maximum absolute atomic E-state index is 12.0. The Morgan fingerprint density at radius 3 is 2.56 bits per heavy atom. The van der Waals surface area contributed by atoms with E-state index < -0.39 is 16.1 Å². The number of furan rings is 1. The minimum atomic E-state index is -3.78. The molecule has 96 valence electrons. The van der Waals surface area contributed by atoms with Gasteiger partial charge in [-0.25, -0.2) is 13.1 Å². The first-order valence-corrected chi connectivity index (χ1v) is 6.83. The summed E-state index contributed by atoms with van der Waals surface area (Å²) < 4.78 is 31.6. The number of nitrogens with one attached hydrogen (secondary N) is 1. The van der Waals surface area contributed by atoms with Crippen molar-refractivity contribution in [2.45, 2.75) is 17.9 Å². The highest BCUT2D eigenvalue weighted by Gasteiger charge is 2.22. The van der Waals surface area contributed by atoms with Crippen LogP contribution in [0.25, 0.3) is 0 Å². The summed E-state index contributed by atoms with van der Waals surface area (Å²) in [6, 6.07) is 8.62. The number of phenolic OH excluding ortho intramolecular Hbond substituents is 1. The number of sulfonamides is 1. The van der Waals surface area contributed by atoms with E-state index in [1.807, 2.05) is 0 Å². The Morgan fingerprint density at radius 1 is 1.22 bits per heavy atom. The SMILES string of the molecule is CC(NS(=O)(=O)c1ccccc1O)c1ccco1. The molecule has 0 saturated carbocycles. The van der Waals surface area contributed by atoms with Gasteiger partial charge >= 0.3 is 0 Å². The van der Waals surface area contributed by atoms with Crippen LogP contribution in [0.3, 0.4) is 0 Å². The molecule has 18 heavy (non-hydrogen) atoms. The molecule has 1 atom stereocenters. The first kappa shape index (κ1) is 12.7. The maximum atomic E-state index is 12.0. The van der Waals surface area contributed by atoms with Gasteiger partial charge in [0.05, 0.1) is 12.3 Å². The number of aromatic hydroxyl groups is 1. The lowest BCUT2D eigenvalue weighted by atomic mass is 10.3. The van der Waals surface area contributed by atoms with E-state index >= 15 is 0 Å². The van der Waals surface area contributed by atoms with E-state index in [2.05, 4.69) is 4.72 Å². The van der Waals surface area contributed by atoms with Gasteiger partial charge in [0.25, 0.3) is 0 Å². The highest BCUT2D eigenvalue weighted by Crippen LogP contribution is 2.23. The molecule has 1 aromatic heterocycles. The van der Waals surface area contributed by atoms with Crippen molar-refractivity contribution in [2.75, 3.05) is 0 Å². The normalized spacial score (nSPS) is 13.4. The number of hydrogen-bond donors (Lipinski definition) is 2. The number of para-hydroxylation sites is 1. The van der Waals surface area contributed by atoms with E-state index in [4.69, 9.17) is 4.42 Å². The van der Waals surface area contributed by atoms with Gasteiger partial charge in [-0.15, -0.1) is 0 Å². The maximum Gasteiger partial charge on any atom is 0.244 e. The van der Waals surface area contributed by atoms with Gasteiger partial charge in [0, 0.05) is 0 Å². The quantitative estimate of drug-likeness (QED) is 0.888. The predicted octanol–water partition coefficient (Wildman–Crippen LogP) is 2.02. The van der Waals surface area contributed by atoms with Crippen LogP contribution in [0.15, 0.2) is 52.0 Å². The van der Waals surface area contributed by atoms with Crippen molar-refractivity contribution in [2.24, 2.45) is 0 Å². The van der Waals surface area contributed by atoms with E-state index in [-0.39, 0.29) is 10.6 Å². The zero-order valence-corrected chi connectivity index (χ0v) is 10.5. The summed E-state index contributed by atoms with van der Waals surface area (Å²) in [7, 11) is -3.78. The molecule has 0 aliphatic carbocycles. The molecule has 1 unspecified atom stereocenters. The van der Waals surface area contributed by atoms with Gasteiger partial charge in [0.15, 0.2) is 0 Å². The lowest BCUT2D eigenvalue weighted by molar-refractivity contribution is 0.448. The molecule has 2 rings (SSSR count). The molecular weight excluding hydrogens is 254 g/mol. The van der Waals surface area contributed by atoms with Crippen molar-refractivity contribution in [3.05, 3.63) is 48.4 Å². The van der Waals surface area contributed by atoms with Crippen LogP contribution in [0.5, 0.6) is 5.75 Å². The van der Waals surface area contributed by atoms with Crippen LogP contribution in [0.1, 0.15) is 18.7 Å². The third-order valence-electron chi connectivity index (χ3n) is 2.46. The van der Waals surface area contributed by atoms with Crippen LogP contribution in [0, 0.1) is 0 Å². The second kappa shape index (κ2) is 4.83. The third-order valence-corrected chi connectivity index (χ3v) is 4.04. The second-order valence-electron chi connectivity index (χ2n) is 3.83. The van der Waals surface area contributed by atoms with Gasteiger partial charge in [-0.3, -0.25) is 0 Å². The van der Waals surface area contributed by atoms with Crippen molar-refractivity contribution in [3.63, 3.8) is 0 Å². The van der Waals surface area contributed by atoms with Crippen LogP contribution in [0.2, 0.25) is 0 Å². The fourth-order valence-electron chi connectivity index (χ4n) is 1.58. The first-order chi connectivity index (χ1) is 8.50. The highest BCUT2D eigenvalue weighted by molar-refractivity contribution is 7.89. The largest absolute Gasteiger partial charge is 0.507 e. The van der Waals surface area contributed by atoms with Gasteiger partial charge in [0.2, 0.25) is 10.0 Å². The first-order valence-electron chi connectivity index (χ1n) is 5.34. The van der Waals surface area contributed by atoms with Gasteiger partial charge in [-0.2, -0.15) is 0 Å². The molecule has 0 bridgehead atoms. The average Bonchev–Trinajstić information content (AvgIpc) is 2.82. The number of rotatable bonds is 4. The average molecular weight is 267 g/mol. The highest BCUT2D eigenvalue weighted by atomic mass is 32.2. The molecule has 0 amide bonds. The van der Waals surface area contributed by atoms with Gasteiger partial charge in [-0.05, 0) is 31.2 Å². The van der Waals surface area contributed by atoms with E-state index in [1.165, 1.54) is 18.4 Å². The minimum Gasteiger partial charge on any atom is -0.507 e. The van der Waals surface area contributed by atoms with Crippen molar-refractivity contribution in [3.8, 4) is 5.75 Å². The molecule has 0 aliphatic heterocycles. The summed E-state index contributed by atoms with van der Waals surface area (Å²) in [6.07, 6.45) is 1.47. The summed E-state index contributed by atoms with van der Waals surface area (Å²) in [5.74, 6) is 0.227. The summed E-state index contributed by atoms with van der Waals surface area (Å²) in [5.41, 5.74) is 0. The molecule has 0 aliphatic rings. The van der Waals surface area contributed by atoms with Gasteiger partial charge in [-0.1, -0.05) is 12.1 Å². The Labute approximate surface area is 105 Å². The lowest BCUT2D eigenvalue weighted by Crippen LogP contribution is -2.26. The smallest absolute Gasteiger partial charge is 0.244 e. The van der Waals surface area contributed by atoms with Crippen molar-refractivity contribution in [1.82, 2.24) is 4.72 Å². The van der Waals surface area contributed by atoms with Crippen LogP contribution in [-0.4, -0.2) is 13.5 Å². The molecule has 0 fully saturated rings. The monoisotopic (exact) mass is 267 g/mol. The molecule has 1 heterocycles. The zero-order chi connectivity index (χ0) is 13.2.